The van der Waals surface area contributed by atoms with Gasteiger partial charge in [0.2, 0.25) is 0 Å². The smallest absolute Gasteiger partial charge is 0.0712 e. The van der Waals surface area contributed by atoms with E-state index >= 15 is 0 Å². The SMILES string of the molecule is C[O].[CH2]C. The van der Waals surface area contributed by atoms with Crippen molar-refractivity contribution in [2.75, 3.05) is 7.11 Å². The number of hydrogen-bond acceptors (Lipinski definition) is 0. The zero-order valence-electron chi connectivity index (χ0n) is 3.12. The predicted molar refractivity (Wildman–Crippen MR) is 17.6 cm³/mol. The van der Waals surface area contributed by atoms with Crippen LogP contribution in [0.4, 0.5) is 0 Å². The zero-order chi connectivity index (χ0) is 4.00. The largest absolute Gasteiger partial charge is 0.240 e. The Morgan fingerprint density at radius 1 is 1.25 bits per heavy atom. The molecule has 0 aliphatic carbocycles. The molecule has 0 bridgehead atoms. The van der Waals surface area contributed by atoms with Gasteiger partial charge in [-0.1, -0.05) is 13.8 Å². The van der Waals surface area contributed by atoms with Crippen molar-refractivity contribution in [1.82, 2.24) is 0 Å². The van der Waals surface area contributed by atoms with Crippen LogP contribution in [0.2, 0.25) is 0 Å². The molecule has 1 nitrogen and oxygen atoms in total. The lowest BCUT2D eigenvalue weighted by Gasteiger charge is -1.10. The molecule has 0 rings (SSSR count). The van der Waals surface area contributed by atoms with E-state index < -0.39 is 0 Å². The van der Waals surface area contributed by atoms with E-state index in [0.29, 0.717) is 0 Å². The summed E-state index contributed by atoms with van der Waals surface area (Å²) >= 11 is 0. The molecular weight excluding hydrogens is 52.0 g/mol. The normalized spacial score (nSPS) is 3.00. The highest BCUT2D eigenvalue weighted by Crippen LogP contribution is 1.11. The molecular formula is C3H8O. The summed E-state index contributed by atoms with van der Waals surface area (Å²) in [4.78, 5) is 0. The van der Waals surface area contributed by atoms with Gasteiger partial charge in [-0.3, -0.25) is 0 Å². The molecule has 0 amide bonds. The molecule has 0 heterocycles. The van der Waals surface area contributed by atoms with Crippen LogP contribution in [-0.4, -0.2) is 7.11 Å². The fraction of sp³-hybridized carbons (Fsp3) is 0.667. The maximum absolute atomic E-state index is 8.25. The Morgan fingerprint density at radius 2 is 1.25 bits per heavy atom. The summed E-state index contributed by atoms with van der Waals surface area (Å²) in [5.74, 6) is 0. The van der Waals surface area contributed by atoms with E-state index in [0.717, 1.165) is 7.11 Å². The minimum absolute atomic E-state index is 0.750. The van der Waals surface area contributed by atoms with Gasteiger partial charge in [0.15, 0.2) is 0 Å². The third kappa shape index (κ3) is 1130. The highest BCUT2D eigenvalue weighted by molar-refractivity contribution is 3.94. The summed E-state index contributed by atoms with van der Waals surface area (Å²) in [5, 5.41) is 8.25. The Balaban J connectivity index is 0. The monoisotopic (exact) mass is 60.1 g/mol. The van der Waals surface area contributed by atoms with Gasteiger partial charge in [0.1, 0.15) is 0 Å². The van der Waals surface area contributed by atoms with E-state index in [9.17, 15) is 0 Å². The van der Waals surface area contributed by atoms with Crippen LogP contribution in [0.3, 0.4) is 0 Å². The van der Waals surface area contributed by atoms with Crippen molar-refractivity contribution in [2.45, 2.75) is 6.92 Å². The van der Waals surface area contributed by atoms with E-state index in [1.165, 1.54) is 0 Å². The molecule has 4 heavy (non-hydrogen) atoms. The maximum Gasteiger partial charge on any atom is 0.0712 e. The second kappa shape index (κ2) is 7110. The molecule has 26 valence electrons. The van der Waals surface area contributed by atoms with Crippen molar-refractivity contribution >= 4 is 0 Å². The van der Waals surface area contributed by atoms with Crippen molar-refractivity contribution in [1.29, 1.82) is 0 Å². The summed E-state index contributed by atoms with van der Waals surface area (Å²) in [7, 11) is 0.750. The Morgan fingerprint density at radius 3 is 1.25 bits per heavy atom. The third-order valence-electron chi connectivity index (χ3n) is 0. The van der Waals surface area contributed by atoms with Crippen molar-refractivity contribution in [3.05, 3.63) is 6.92 Å². The first-order chi connectivity index (χ1) is 2.00. The van der Waals surface area contributed by atoms with Crippen molar-refractivity contribution in [2.24, 2.45) is 0 Å². The molecule has 0 aliphatic rings. The minimum Gasteiger partial charge on any atom is -0.240 e. The average Bonchev–Trinajstić information content (AvgIpc) is 1.50. The van der Waals surface area contributed by atoms with Crippen LogP contribution in [0.15, 0.2) is 0 Å². The Kier molecular flexibility index (Phi) is 16000. The molecule has 0 aromatic carbocycles. The second-order valence-corrected chi connectivity index (χ2v) is 0. The molecule has 0 saturated carbocycles. The lowest BCUT2D eigenvalue weighted by atomic mass is 11.0. The Hall–Kier alpha value is -0.0400. The van der Waals surface area contributed by atoms with Crippen molar-refractivity contribution < 1.29 is 5.11 Å². The second-order valence-electron chi connectivity index (χ2n) is 0. The summed E-state index contributed by atoms with van der Waals surface area (Å²) in [6.45, 7) is 5.00. The summed E-state index contributed by atoms with van der Waals surface area (Å²) in [6, 6.07) is 0. The highest BCUT2D eigenvalue weighted by atomic mass is 16.2. The van der Waals surface area contributed by atoms with Crippen LogP contribution in [0.5, 0.6) is 0 Å². The van der Waals surface area contributed by atoms with Crippen LogP contribution in [0.1, 0.15) is 6.92 Å². The van der Waals surface area contributed by atoms with Crippen LogP contribution < -0.4 is 0 Å². The maximum atomic E-state index is 8.25. The first-order valence-corrected chi connectivity index (χ1v) is 1.12. The van der Waals surface area contributed by atoms with Gasteiger partial charge in [-0.15, -0.1) is 0 Å². The van der Waals surface area contributed by atoms with Gasteiger partial charge in [-0.2, -0.15) is 0 Å². The molecule has 0 aliphatic heterocycles. The summed E-state index contributed by atoms with van der Waals surface area (Å²) in [5.41, 5.74) is 0. The average molecular weight is 60.1 g/mol. The Bertz CT molecular complexity index is 3.25. The number of hydrogen-bond donors (Lipinski definition) is 0. The first-order valence-electron chi connectivity index (χ1n) is 1.12. The van der Waals surface area contributed by atoms with Gasteiger partial charge >= 0.3 is 0 Å². The lowest BCUT2D eigenvalue weighted by Crippen LogP contribution is -1.16. The van der Waals surface area contributed by atoms with Crippen LogP contribution in [-0.2, 0) is 5.11 Å². The molecule has 2 radical (unpaired) electrons. The fourth-order valence-electron chi connectivity index (χ4n) is 0. The standard InChI is InChI=1S/C2H5.CH3O/c2*1-2/h1H2,2H3;1H3. The topological polar surface area (TPSA) is 19.9 Å². The summed E-state index contributed by atoms with van der Waals surface area (Å²) < 4.78 is 0. The van der Waals surface area contributed by atoms with Gasteiger partial charge in [0.05, 0.1) is 7.11 Å². The van der Waals surface area contributed by atoms with Crippen molar-refractivity contribution in [3.63, 3.8) is 0 Å². The van der Waals surface area contributed by atoms with Gasteiger partial charge in [-0.05, 0) is 0 Å². The van der Waals surface area contributed by atoms with Crippen LogP contribution in [0.25, 0.3) is 0 Å². The molecule has 0 aromatic rings. The number of rotatable bonds is 0. The summed E-state index contributed by atoms with van der Waals surface area (Å²) in [6.07, 6.45) is 0. The van der Waals surface area contributed by atoms with Crippen LogP contribution >= 0.6 is 0 Å². The molecule has 0 spiro atoms. The van der Waals surface area contributed by atoms with Gasteiger partial charge in [0, 0.05) is 0 Å². The molecule has 0 unspecified atom stereocenters. The van der Waals surface area contributed by atoms with E-state index in [2.05, 4.69) is 6.92 Å². The predicted octanol–water partition coefficient (Wildman–Crippen LogP) is 0.887. The van der Waals surface area contributed by atoms with Gasteiger partial charge in [0.25, 0.3) is 0 Å². The third-order valence-corrected chi connectivity index (χ3v) is 0. The van der Waals surface area contributed by atoms with E-state index in [1.807, 2.05) is 0 Å². The molecule has 0 aromatic heterocycles. The van der Waals surface area contributed by atoms with Crippen molar-refractivity contribution in [3.8, 4) is 0 Å². The fourth-order valence-corrected chi connectivity index (χ4v) is 0. The zero-order valence-corrected chi connectivity index (χ0v) is 3.12. The highest BCUT2D eigenvalue weighted by Gasteiger charge is 0.939. The Labute approximate surface area is 27.3 Å². The van der Waals surface area contributed by atoms with Crippen LogP contribution in [0, 0.1) is 6.92 Å². The van der Waals surface area contributed by atoms with Gasteiger partial charge in [-0.25, -0.2) is 5.11 Å². The van der Waals surface area contributed by atoms with E-state index in [1.54, 1.807) is 6.92 Å². The molecule has 0 fully saturated rings. The molecule has 0 saturated heterocycles. The van der Waals surface area contributed by atoms with Gasteiger partial charge < -0.3 is 0 Å². The van der Waals surface area contributed by atoms with E-state index in [-0.39, 0.29) is 0 Å². The molecule has 0 N–H and O–H groups in total. The minimum atomic E-state index is 0.750. The first kappa shape index (κ1) is 9.03. The quantitative estimate of drug-likeness (QED) is 0.395. The van der Waals surface area contributed by atoms with E-state index in [4.69, 9.17) is 5.11 Å². The lowest BCUT2D eigenvalue weighted by molar-refractivity contribution is 0.282. The molecule has 1 heteroatoms. The molecule has 0 atom stereocenters.